The molecule has 0 amide bonds. The van der Waals surface area contributed by atoms with E-state index in [4.69, 9.17) is 0 Å². The molecule has 0 radical (unpaired) electrons. The van der Waals surface area contributed by atoms with Crippen LogP contribution in [0.15, 0.2) is 29.2 Å². The molecule has 1 unspecified atom stereocenters. The summed E-state index contributed by atoms with van der Waals surface area (Å²) < 4.78 is 22.7. The van der Waals surface area contributed by atoms with Gasteiger partial charge in [-0.05, 0) is 17.7 Å². The zero-order valence-electron chi connectivity index (χ0n) is 10.3. The van der Waals surface area contributed by atoms with Gasteiger partial charge in [0.15, 0.2) is 9.84 Å². The van der Waals surface area contributed by atoms with Gasteiger partial charge in [-0.25, -0.2) is 8.42 Å². The molecule has 1 heterocycles. The summed E-state index contributed by atoms with van der Waals surface area (Å²) in [7, 11) is -3.10. The highest BCUT2D eigenvalue weighted by atomic mass is 79.9. The molecule has 0 spiro atoms. The Morgan fingerprint density at radius 3 is 2.61 bits per heavy atom. The van der Waals surface area contributed by atoms with E-state index in [0.717, 1.165) is 31.7 Å². The molecule has 1 fully saturated rings. The number of hydrogen-bond donors (Lipinski definition) is 1. The average molecular weight is 333 g/mol. The molecule has 1 aliphatic rings. The number of halogens is 1. The number of benzene rings is 1. The Morgan fingerprint density at radius 1 is 1.39 bits per heavy atom. The Bertz CT molecular complexity index is 501. The highest BCUT2D eigenvalue weighted by Crippen LogP contribution is 2.16. The molecule has 100 valence electrons. The molecule has 18 heavy (non-hydrogen) atoms. The highest BCUT2D eigenvalue weighted by Gasteiger charge is 2.19. The molecule has 2 rings (SSSR count). The minimum atomic E-state index is -3.10. The zero-order valence-corrected chi connectivity index (χ0v) is 12.7. The van der Waals surface area contributed by atoms with Gasteiger partial charge in [0.1, 0.15) is 0 Å². The van der Waals surface area contributed by atoms with Crippen LogP contribution < -0.4 is 5.32 Å². The van der Waals surface area contributed by atoms with Crippen molar-refractivity contribution in [1.29, 1.82) is 0 Å². The van der Waals surface area contributed by atoms with Crippen LogP contribution in [0.25, 0.3) is 0 Å². The Labute approximate surface area is 116 Å². The van der Waals surface area contributed by atoms with Gasteiger partial charge in [0.2, 0.25) is 0 Å². The van der Waals surface area contributed by atoms with E-state index < -0.39 is 9.84 Å². The van der Waals surface area contributed by atoms with Gasteiger partial charge in [-0.3, -0.25) is 4.90 Å². The van der Waals surface area contributed by atoms with Crippen LogP contribution in [0.5, 0.6) is 0 Å². The van der Waals surface area contributed by atoms with E-state index in [1.165, 1.54) is 6.26 Å². The maximum Gasteiger partial charge on any atom is 0.175 e. The van der Waals surface area contributed by atoms with Gasteiger partial charge in [-0.2, -0.15) is 0 Å². The Hall–Kier alpha value is -0.430. The molecule has 1 saturated heterocycles. The zero-order chi connectivity index (χ0) is 13.2. The minimum absolute atomic E-state index is 0.334. The largest absolute Gasteiger partial charge is 0.313 e. The quantitative estimate of drug-likeness (QED) is 0.667. The van der Waals surface area contributed by atoms with Crippen molar-refractivity contribution in [1.82, 2.24) is 10.2 Å². The Balaban J connectivity index is 2.06. The summed E-state index contributed by atoms with van der Waals surface area (Å²) in [6.45, 7) is 3.75. The Kier molecular flexibility index (Phi) is 4.42. The van der Waals surface area contributed by atoms with Crippen molar-refractivity contribution in [2.75, 3.05) is 25.9 Å². The highest BCUT2D eigenvalue weighted by molar-refractivity contribution is 9.09. The van der Waals surface area contributed by atoms with Crippen molar-refractivity contribution in [3.63, 3.8) is 0 Å². The van der Waals surface area contributed by atoms with Crippen LogP contribution in [0.2, 0.25) is 0 Å². The van der Waals surface area contributed by atoms with Crippen LogP contribution in [-0.4, -0.2) is 44.2 Å². The van der Waals surface area contributed by atoms with Crippen LogP contribution in [0, 0.1) is 0 Å². The average Bonchev–Trinajstić information content (AvgIpc) is 2.32. The van der Waals surface area contributed by atoms with Crippen molar-refractivity contribution >= 4 is 25.8 Å². The van der Waals surface area contributed by atoms with E-state index in [-0.39, 0.29) is 0 Å². The molecular weight excluding hydrogens is 316 g/mol. The van der Waals surface area contributed by atoms with Crippen LogP contribution in [-0.2, 0) is 16.4 Å². The van der Waals surface area contributed by atoms with Crippen molar-refractivity contribution in [3.05, 3.63) is 29.8 Å². The third-order valence-corrected chi connectivity index (χ3v) is 5.05. The molecule has 1 aliphatic heterocycles. The monoisotopic (exact) mass is 332 g/mol. The first-order chi connectivity index (χ1) is 8.47. The predicted molar refractivity (Wildman–Crippen MR) is 75.5 cm³/mol. The number of hydrogen-bond acceptors (Lipinski definition) is 4. The lowest BCUT2D eigenvalue weighted by molar-refractivity contribution is 0.215. The molecule has 1 aromatic carbocycles. The first-order valence-electron chi connectivity index (χ1n) is 5.84. The van der Waals surface area contributed by atoms with E-state index in [2.05, 4.69) is 26.1 Å². The SMILES string of the molecule is CS(=O)(=O)c1ccc(CN2CCNCC2Br)cc1. The third kappa shape index (κ3) is 3.54. The molecule has 1 N–H and O–H groups in total. The van der Waals surface area contributed by atoms with Crippen LogP contribution in [0.1, 0.15) is 5.56 Å². The molecule has 4 nitrogen and oxygen atoms in total. The smallest absolute Gasteiger partial charge is 0.175 e. The molecular formula is C12H17BrN2O2S. The summed E-state index contributed by atoms with van der Waals surface area (Å²) in [6.07, 6.45) is 1.23. The second-order valence-corrected chi connectivity index (χ2v) is 7.60. The van der Waals surface area contributed by atoms with Gasteiger partial charge in [-0.15, -0.1) is 0 Å². The number of piperazine rings is 1. The van der Waals surface area contributed by atoms with E-state index in [1.807, 2.05) is 12.1 Å². The van der Waals surface area contributed by atoms with E-state index >= 15 is 0 Å². The van der Waals surface area contributed by atoms with Gasteiger partial charge in [0.05, 0.1) is 9.85 Å². The van der Waals surface area contributed by atoms with Gasteiger partial charge in [0, 0.05) is 32.4 Å². The second-order valence-electron chi connectivity index (χ2n) is 4.53. The second kappa shape index (κ2) is 5.69. The first-order valence-corrected chi connectivity index (χ1v) is 8.65. The summed E-state index contributed by atoms with van der Waals surface area (Å²) in [5, 5.41) is 3.31. The lowest BCUT2D eigenvalue weighted by Gasteiger charge is -2.32. The molecule has 0 aliphatic carbocycles. The van der Waals surface area contributed by atoms with E-state index in [1.54, 1.807) is 12.1 Å². The van der Waals surface area contributed by atoms with Crippen molar-refractivity contribution in [2.24, 2.45) is 0 Å². The molecule has 0 bridgehead atoms. The third-order valence-electron chi connectivity index (χ3n) is 3.02. The maximum absolute atomic E-state index is 11.4. The maximum atomic E-state index is 11.4. The van der Waals surface area contributed by atoms with Crippen LogP contribution >= 0.6 is 15.9 Å². The first kappa shape index (κ1) is 14.0. The Morgan fingerprint density at radius 2 is 2.06 bits per heavy atom. The van der Waals surface area contributed by atoms with E-state index in [9.17, 15) is 8.42 Å². The number of sulfone groups is 1. The fourth-order valence-electron chi connectivity index (χ4n) is 1.97. The summed E-state index contributed by atoms with van der Waals surface area (Å²) in [4.78, 5) is 3.04. The number of alkyl halides is 1. The molecule has 0 saturated carbocycles. The summed E-state index contributed by atoms with van der Waals surface area (Å²) in [5.41, 5.74) is 1.13. The number of rotatable bonds is 3. The molecule has 6 heteroatoms. The summed E-state index contributed by atoms with van der Waals surface area (Å²) in [6, 6.07) is 7.13. The standard InChI is InChI=1S/C12H17BrN2O2S/c1-18(16,17)11-4-2-10(3-5-11)9-15-7-6-14-8-12(15)13/h2-5,12,14H,6-9H2,1H3. The fraction of sp³-hybridized carbons (Fsp3) is 0.500. The summed E-state index contributed by atoms with van der Waals surface area (Å²) in [5.74, 6) is 0. The molecule has 1 atom stereocenters. The van der Waals surface area contributed by atoms with Gasteiger partial charge < -0.3 is 5.32 Å². The molecule has 0 aromatic heterocycles. The normalized spacial score (nSPS) is 22.0. The van der Waals surface area contributed by atoms with Gasteiger partial charge in [0.25, 0.3) is 0 Å². The van der Waals surface area contributed by atoms with Crippen molar-refractivity contribution < 1.29 is 8.42 Å². The number of nitrogens with zero attached hydrogens (tertiary/aromatic N) is 1. The topological polar surface area (TPSA) is 49.4 Å². The lowest BCUT2D eigenvalue weighted by Crippen LogP contribution is -2.47. The van der Waals surface area contributed by atoms with Gasteiger partial charge in [-0.1, -0.05) is 28.1 Å². The summed E-state index contributed by atoms with van der Waals surface area (Å²) >= 11 is 3.63. The predicted octanol–water partition coefficient (Wildman–Crippen LogP) is 1.22. The van der Waals surface area contributed by atoms with E-state index in [0.29, 0.717) is 9.85 Å². The lowest BCUT2D eigenvalue weighted by atomic mass is 10.2. The fourth-order valence-corrected chi connectivity index (χ4v) is 3.18. The molecule has 1 aromatic rings. The van der Waals surface area contributed by atoms with Crippen LogP contribution in [0.3, 0.4) is 0 Å². The van der Waals surface area contributed by atoms with Crippen molar-refractivity contribution in [2.45, 2.75) is 16.4 Å². The van der Waals surface area contributed by atoms with Crippen LogP contribution in [0.4, 0.5) is 0 Å². The number of nitrogens with one attached hydrogen (secondary N) is 1. The minimum Gasteiger partial charge on any atom is -0.313 e. The van der Waals surface area contributed by atoms with Crippen molar-refractivity contribution in [3.8, 4) is 0 Å². The van der Waals surface area contributed by atoms with Gasteiger partial charge >= 0.3 is 0 Å².